The SMILES string of the molecule is Cc1cncc(CN2C(=O)C(=O)c3cc(F)ccc32)c1. The Hall–Kier alpha value is -2.56. The molecule has 0 atom stereocenters. The van der Waals surface area contributed by atoms with E-state index in [0.717, 1.165) is 17.2 Å². The van der Waals surface area contributed by atoms with E-state index in [1.165, 1.54) is 17.0 Å². The second-order valence-electron chi connectivity index (χ2n) is 4.75. The summed E-state index contributed by atoms with van der Waals surface area (Å²) in [5.41, 5.74) is 2.36. The van der Waals surface area contributed by atoms with Gasteiger partial charge in [0.2, 0.25) is 0 Å². The lowest BCUT2D eigenvalue weighted by Gasteiger charge is -2.16. The number of halogens is 1. The molecule has 3 rings (SSSR count). The first-order valence-corrected chi connectivity index (χ1v) is 6.12. The Kier molecular flexibility index (Phi) is 2.82. The highest BCUT2D eigenvalue weighted by Crippen LogP contribution is 2.30. The van der Waals surface area contributed by atoms with Gasteiger partial charge in [0.25, 0.3) is 11.7 Å². The second-order valence-corrected chi connectivity index (χ2v) is 4.75. The van der Waals surface area contributed by atoms with E-state index in [0.29, 0.717) is 5.69 Å². The van der Waals surface area contributed by atoms with E-state index in [1.54, 1.807) is 12.4 Å². The molecular weight excluding hydrogens is 259 g/mol. The average molecular weight is 270 g/mol. The molecule has 5 heteroatoms. The number of aromatic nitrogens is 1. The fraction of sp³-hybridized carbons (Fsp3) is 0.133. The van der Waals surface area contributed by atoms with Crippen LogP contribution < -0.4 is 4.90 Å². The number of carbonyl (C=O) groups excluding carboxylic acids is 2. The number of fused-ring (bicyclic) bond motifs is 1. The molecule has 1 aromatic carbocycles. The summed E-state index contributed by atoms with van der Waals surface area (Å²) in [5, 5.41) is 0. The van der Waals surface area contributed by atoms with Gasteiger partial charge in [0, 0.05) is 12.4 Å². The normalized spacial score (nSPS) is 13.8. The summed E-state index contributed by atoms with van der Waals surface area (Å²) >= 11 is 0. The van der Waals surface area contributed by atoms with Crippen LogP contribution in [0.3, 0.4) is 0 Å². The molecule has 4 nitrogen and oxygen atoms in total. The fourth-order valence-electron chi connectivity index (χ4n) is 2.32. The van der Waals surface area contributed by atoms with Gasteiger partial charge in [-0.2, -0.15) is 0 Å². The Balaban J connectivity index is 1.99. The Morgan fingerprint density at radius 2 is 2.00 bits per heavy atom. The number of ketones is 1. The van der Waals surface area contributed by atoms with E-state index in [-0.39, 0.29) is 12.1 Å². The van der Waals surface area contributed by atoms with Crippen molar-refractivity contribution in [3.8, 4) is 0 Å². The van der Waals surface area contributed by atoms with Crippen molar-refractivity contribution in [2.24, 2.45) is 0 Å². The van der Waals surface area contributed by atoms with Gasteiger partial charge < -0.3 is 4.90 Å². The number of hydrogen-bond donors (Lipinski definition) is 0. The summed E-state index contributed by atoms with van der Waals surface area (Å²) in [6.45, 7) is 2.15. The maximum Gasteiger partial charge on any atom is 0.299 e. The van der Waals surface area contributed by atoms with Crippen LogP contribution in [-0.4, -0.2) is 16.7 Å². The predicted molar refractivity (Wildman–Crippen MR) is 70.9 cm³/mol. The summed E-state index contributed by atoms with van der Waals surface area (Å²) in [6.07, 6.45) is 3.36. The van der Waals surface area contributed by atoms with Crippen molar-refractivity contribution in [1.29, 1.82) is 0 Å². The van der Waals surface area contributed by atoms with E-state index in [2.05, 4.69) is 4.98 Å². The number of nitrogens with zero attached hydrogens (tertiary/aromatic N) is 2. The zero-order valence-corrected chi connectivity index (χ0v) is 10.8. The van der Waals surface area contributed by atoms with Gasteiger partial charge in [-0.25, -0.2) is 4.39 Å². The van der Waals surface area contributed by atoms with Crippen molar-refractivity contribution in [3.63, 3.8) is 0 Å². The molecule has 1 amide bonds. The predicted octanol–water partition coefficient (Wildman–Crippen LogP) is 2.26. The van der Waals surface area contributed by atoms with Gasteiger partial charge in [-0.15, -0.1) is 0 Å². The van der Waals surface area contributed by atoms with Crippen molar-refractivity contribution in [1.82, 2.24) is 4.98 Å². The number of pyridine rings is 1. The van der Waals surface area contributed by atoms with Crippen LogP contribution in [0.2, 0.25) is 0 Å². The smallest absolute Gasteiger partial charge is 0.299 e. The molecule has 0 fully saturated rings. The number of anilines is 1. The van der Waals surface area contributed by atoms with Crippen LogP contribution in [0, 0.1) is 12.7 Å². The molecule has 1 aromatic heterocycles. The van der Waals surface area contributed by atoms with Gasteiger partial charge in [-0.1, -0.05) is 6.07 Å². The minimum Gasteiger partial charge on any atom is -0.300 e. The zero-order valence-electron chi connectivity index (χ0n) is 10.8. The zero-order chi connectivity index (χ0) is 14.3. The van der Waals surface area contributed by atoms with Crippen molar-refractivity contribution < 1.29 is 14.0 Å². The summed E-state index contributed by atoms with van der Waals surface area (Å²) in [5.74, 6) is -1.82. The van der Waals surface area contributed by atoms with E-state index in [1.807, 2.05) is 13.0 Å². The van der Waals surface area contributed by atoms with Crippen molar-refractivity contribution >= 4 is 17.4 Å². The molecule has 0 spiro atoms. The summed E-state index contributed by atoms with van der Waals surface area (Å²) in [7, 11) is 0. The number of amides is 1. The Bertz CT molecular complexity index is 728. The van der Waals surface area contributed by atoms with Crippen LogP contribution in [0.15, 0.2) is 36.7 Å². The van der Waals surface area contributed by atoms with Crippen LogP contribution >= 0.6 is 0 Å². The Morgan fingerprint density at radius 1 is 1.20 bits per heavy atom. The van der Waals surface area contributed by atoms with Gasteiger partial charge >= 0.3 is 0 Å². The molecule has 0 aliphatic carbocycles. The van der Waals surface area contributed by atoms with E-state index in [9.17, 15) is 14.0 Å². The lowest BCUT2D eigenvalue weighted by Crippen LogP contribution is -2.29. The molecule has 0 saturated heterocycles. The number of hydrogen-bond acceptors (Lipinski definition) is 3. The topological polar surface area (TPSA) is 50.3 Å². The van der Waals surface area contributed by atoms with Gasteiger partial charge in [-0.3, -0.25) is 14.6 Å². The first-order valence-electron chi connectivity index (χ1n) is 6.12. The molecule has 0 unspecified atom stereocenters. The summed E-state index contributed by atoms with van der Waals surface area (Å²) < 4.78 is 13.2. The van der Waals surface area contributed by atoms with E-state index in [4.69, 9.17) is 0 Å². The van der Waals surface area contributed by atoms with Crippen molar-refractivity contribution in [2.45, 2.75) is 13.5 Å². The molecule has 1 aliphatic heterocycles. The molecule has 100 valence electrons. The third kappa shape index (κ3) is 1.97. The lowest BCUT2D eigenvalue weighted by molar-refractivity contribution is -0.114. The highest BCUT2D eigenvalue weighted by Gasteiger charge is 2.35. The van der Waals surface area contributed by atoms with Crippen molar-refractivity contribution in [2.75, 3.05) is 4.90 Å². The summed E-state index contributed by atoms with van der Waals surface area (Å²) in [6, 6.07) is 5.69. The molecule has 2 heterocycles. The number of benzene rings is 1. The highest BCUT2D eigenvalue weighted by atomic mass is 19.1. The number of aryl methyl sites for hydroxylation is 1. The molecule has 1 aliphatic rings. The first kappa shape index (κ1) is 12.5. The van der Waals surface area contributed by atoms with Gasteiger partial charge in [0.1, 0.15) is 5.82 Å². The second kappa shape index (κ2) is 4.52. The quantitative estimate of drug-likeness (QED) is 0.786. The standard InChI is InChI=1S/C15H11FN2O2/c1-9-4-10(7-17-6-9)8-18-13-3-2-11(16)5-12(13)14(19)15(18)20/h2-7H,8H2,1H3. The number of Topliss-reactive ketones (excluding diaryl/α,β-unsaturated/α-hetero) is 1. The van der Waals surface area contributed by atoms with Gasteiger partial charge in [-0.05, 0) is 36.2 Å². The van der Waals surface area contributed by atoms with Gasteiger partial charge in [0.15, 0.2) is 0 Å². The Morgan fingerprint density at radius 3 is 2.75 bits per heavy atom. The lowest BCUT2D eigenvalue weighted by atomic mass is 10.1. The molecule has 0 radical (unpaired) electrons. The molecular formula is C15H11FN2O2. The van der Waals surface area contributed by atoms with Crippen LogP contribution in [-0.2, 0) is 11.3 Å². The van der Waals surface area contributed by atoms with Crippen LogP contribution in [0.4, 0.5) is 10.1 Å². The molecule has 20 heavy (non-hydrogen) atoms. The summed E-state index contributed by atoms with van der Waals surface area (Å²) in [4.78, 5) is 29.3. The number of carbonyl (C=O) groups is 2. The molecule has 2 aromatic rings. The van der Waals surface area contributed by atoms with Crippen LogP contribution in [0.1, 0.15) is 21.5 Å². The molecule has 0 N–H and O–H groups in total. The monoisotopic (exact) mass is 270 g/mol. The van der Waals surface area contributed by atoms with Gasteiger partial charge in [0.05, 0.1) is 17.8 Å². The highest BCUT2D eigenvalue weighted by molar-refractivity contribution is 6.52. The van der Waals surface area contributed by atoms with E-state index >= 15 is 0 Å². The largest absolute Gasteiger partial charge is 0.300 e. The first-order chi connectivity index (χ1) is 9.56. The molecule has 0 saturated carbocycles. The molecule has 0 bridgehead atoms. The maximum absolute atomic E-state index is 13.2. The average Bonchev–Trinajstić information content (AvgIpc) is 2.64. The fourth-order valence-corrected chi connectivity index (χ4v) is 2.32. The minimum absolute atomic E-state index is 0.121. The number of rotatable bonds is 2. The maximum atomic E-state index is 13.2. The van der Waals surface area contributed by atoms with Crippen LogP contribution in [0.5, 0.6) is 0 Å². The van der Waals surface area contributed by atoms with Crippen molar-refractivity contribution in [3.05, 3.63) is 59.2 Å². The van der Waals surface area contributed by atoms with E-state index < -0.39 is 17.5 Å². The minimum atomic E-state index is -0.667. The Labute approximate surface area is 114 Å². The van der Waals surface area contributed by atoms with Crippen LogP contribution in [0.25, 0.3) is 0 Å². The third-order valence-electron chi connectivity index (χ3n) is 3.21. The third-order valence-corrected chi connectivity index (χ3v) is 3.21.